The van der Waals surface area contributed by atoms with Crippen LogP contribution < -0.4 is 11.3 Å². The Morgan fingerprint density at radius 1 is 1.18 bits per heavy atom. The lowest BCUT2D eigenvalue weighted by Crippen LogP contribution is -2.31. The molecule has 3 N–H and O–H groups in total. The average Bonchev–Trinajstić information content (AvgIpc) is 2.84. The summed E-state index contributed by atoms with van der Waals surface area (Å²) in [7, 11) is 0. The van der Waals surface area contributed by atoms with Gasteiger partial charge >= 0.3 is 0 Å². The van der Waals surface area contributed by atoms with Gasteiger partial charge in [0.1, 0.15) is 0 Å². The van der Waals surface area contributed by atoms with Gasteiger partial charge in [-0.2, -0.15) is 0 Å². The molecule has 0 aliphatic carbocycles. The second-order valence-electron chi connectivity index (χ2n) is 4.54. The summed E-state index contributed by atoms with van der Waals surface area (Å²) in [6, 6.07) is 8.19. The molecule has 92 valence electrons. The van der Waals surface area contributed by atoms with Crippen molar-refractivity contribution in [2.75, 3.05) is 13.1 Å². The van der Waals surface area contributed by atoms with Crippen LogP contribution in [0.5, 0.6) is 0 Å². The number of likely N-dealkylation sites (tertiary alicyclic amines) is 1. The predicted octanol–water partition coefficient (Wildman–Crippen LogP) is 0.815. The Hall–Kier alpha value is -1.39. The largest absolute Gasteiger partial charge is 0.299 e. The Morgan fingerprint density at radius 2 is 1.76 bits per heavy atom. The van der Waals surface area contributed by atoms with E-state index < -0.39 is 0 Å². The molecule has 1 fully saturated rings. The minimum absolute atomic E-state index is 0.155. The maximum Gasteiger partial charge on any atom is 0.238 e. The van der Waals surface area contributed by atoms with E-state index in [2.05, 4.69) is 22.5 Å². The zero-order valence-corrected chi connectivity index (χ0v) is 9.98. The van der Waals surface area contributed by atoms with Crippen molar-refractivity contribution in [1.29, 1.82) is 0 Å². The number of carbonyl (C=O) groups is 1. The molecule has 17 heavy (non-hydrogen) atoms. The van der Waals surface area contributed by atoms with Gasteiger partial charge in [-0.3, -0.25) is 15.1 Å². The molecule has 2 rings (SSSR count). The molecular weight excluding hydrogens is 214 g/mol. The minimum Gasteiger partial charge on any atom is -0.299 e. The molecule has 4 nitrogen and oxygen atoms in total. The lowest BCUT2D eigenvalue weighted by Gasteiger charge is -2.14. The number of hydrogen-bond acceptors (Lipinski definition) is 3. The van der Waals surface area contributed by atoms with E-state index >= 15 is 0 Å². The molecular formula is C13H19N3O. The van der Waals surface area contributed by atoms with Crippen LogP contribution in [0.15, 0.2) is 24.3 Å². The zero-order chi connectivity index (χ0) is 12.1. The van der Waals surface area contributed by atoms with Gasteiger partial charge in [-0.25, -0.2) is 5.84 Å². The van der Waals surface area contributed by atoms with E-state index in [-0.39, 0.29) is 5.91 Å². The van der Waals surface area contributed by atoms with Crippen molar-refractivity contribution in [2.45, 2.75) is 25.8 Å². The maximum atomic E-state index is 11.1. The van der Waals surface area contributed by atoms with E-state index in [1.54, 1.807) is 0 Å². The van der Waals surface area contributed by atoms with Gasteiger partial charge < -0.3 is 0 Å². The van der Waals surface area contributed by atoms with Gasteiger partial charge in [0.2, 0.25) is 5.91 Å². The lowest BCUT2D eigenvalue weighted by molar-refractivity contribution is -0.120. The van der Waals surface area contributed by atoms with Crippen LogP contribution in [-0.4, -0.2) is 23.9 Å². The highest BCUT2D eigenvalue weighted by molar-refractivity contribution is 5.77. The molecule has 0 radical (unpaired) electrons. The highest BCUT2D eigenvalue weighted by Gasteiger charge is 2.11. The number of amides is 1. The third-order valence-electron chi connectivity index (χ3n) is 3.15. The van der Waals surface area contributed by atoms with Gasteiger partial charge in [-0.05, 0) is 37.1 Å². The summed E-state index contributed by atoms with van der Waals surface area (Å²) in [5, 5.41) is 0. The van der Waals surface area contributed by atoms with Crippen molar-refractivity contribution < 1.29 is 4.79 Å². The summed E-state index contributed by atoms with van der Waals surface area (Å²) in [6.45, 7) is 3.43. The Labute approximate surface area is 102 Å². The average molecular weight is 233 g/mol. The SMILES string of the molecule is NNC(=O)Cc1ccc(CN2CCCC2)cc1. The number of nitrogens with zero attached hydrogens (tertiary/aromatic N) is 1. The smallest absolute Gasteiger partial charge is 0.238 e. The van der Waals surface area contributed by atoms with E-state index in [1.807, 2.05) is 12.1 Å². The van der Waals surface area contributed by atoms with Crippen LogP contribution in [-0.2, 0) is 17.8 Å². The summed E-state index contributed by atoms with van der Waals surface area (Å²) >= 11 is 0. The first-order valence-electron chi connectivity index (χ1n) is 6.07. The van der Waals surface area contributed by atoms with Crippen molar-refractivity contribution in [3.05, 3.63) is 35.4 Å². The fourth-order valence-electron chi connectivity index (χ4n) is 2.20. The molecule has 4 heteroatoms. The van der Waals surface area contributed by atoms with Gasteiger partial charge in [0.15, 0.2) is 0 Å². The van der Waals surface area contributed by atoms with Crippen molar-refractivity contribution in [3.63, 3.8) is 0 Å². The molecule has 0 bridgehead atoms. The molecule has 0 aromatic heterocycles. The third-order valence-corrected chi connectivity index (χ3v) is 3.15. The molecule has 1 amide bonds. The van der Waals surface area contributed by atoms with Gasteiger partial charge in [0.25, 0.3) is 0 Å². The summed E-state index contributed by atoms with van der Waals surface area (Å²) in [5.41, 5.74) is 4.45. The molecule has 1 aromatic carbocycles. The molecule has 1 aliphatic heterocycles. The highest BCUT2D eigenvalue weighted by atomic mass is 16.2. The van der Waals surface area contributed by atoms with Gasteiger partial charge in [0, 0.05) is 6.54 Å². The number of benzene rings is 1. The number of hydrazine groups is 1. The Kier molecular flexibility index (Phi) is 4.12. The molecule has 1 aliphatic rings. The number of nitrogens with two attached hydrogens (primary N) is 1. The highest BCUT2D eigenvalue weighted by Crippen LogP contribution is 2.13. The second-order valence-corrected chi connectivity index (χ2v) is 4.54. The standard InChI is InChI=1S/C13H19N3O/c14-15-13(17)9-11-3-5-12(6-4-11)10-16-7-1-2-8-16/h3-6H,1-2,7-10,14H2,(H,15,17). The summed E-state index contributed by atoms with van der Waals surface area (Å²) in [5.74, 6) is 4.90. The number of rotatable bonds is 4. The van der Waals surface area contributed by atoms with E-state index in [1.165, 1.54) is 31.5 Å². The molecule has 0 unspecified atom stereocenters. The Balaban J connectivity index is 1.90. The van der Waals surface area contributed by atoms with E-state index in [0.717, 1.165) is 12.1 Å². The van der Waals surface area contributed by atoms with Crippen LogP contribution in [0.1, 0.15) is 24.0 Å². The van der Waals surface area contributed by atoms with Crippen molar-refractivity contribution in [1.82, 2.24) is 10.3 Å². The topological polar surface area (TPSA) is 58.4 Å². The van der Waals surface area contributed by atoms with Crippen LogP contribution in [0.3, 0.4) is 0 Å². The van der Waals surface area contributed by atoms with Crippen LogP contribution >= 0.6 is 0 Å². The molecule has 0 spiro atoms. The van der Waals surface area contributed by atoms with Crippen LogP contribution in [0.4, 0.5) is 0 Å². The minimum atomic E-state index is -0.155. The Bertz CT molecular complexity index is 369. The van der Waals surface area contributed by atoms with Crippen LogP contribution in [0.25, 0.3) is 0 Å². The van der Waals surface area contributed by atoms with Gasteiger partial charge in [-0.15, -0.1) is 0 Å². The first-order chi connectivity index (χ1) is 8.28. The van der Waals surface area contributed by atoms with Gasteiger partial charge in [0.05, 0.1) is 6.42 Å². The number of hydrogen-bond donors (Lipinski definition) is 2. The van der Waals surface area contributed by atoms with Gasteiger partial charge in [-0.1, -0.05) is 24.3 Å². The summed E-state index contributed by atoms with van der Waals surface area (Å²) < 4.78 is 0. The van der Waals surface area contributed by atoms with Crippen molar-refractivity contribution in [2.24, 2.45) is 5.84 Å². The summed E-state index contributed by atoms with van der Waals surface area (Å²) in [6.07, 6.45) is 2.98. The van der Waals surface area contributed by atoms with E-state index in [9.17, 15) is 4.79 Å². The second kappa shape index (κ2) is 5.80. The summed E-state index contributed by atoms with van der Waals surface area (Å²) in [4.78, 5) is 13.6. The Morgan fingerprint density at radius 3 is 2.35 bits per heavy atom. The lowest BCUT2D eigenvalue weighted by atomic mass is 10.1. The van der Waals surface area contributed by atoms with E-state index in [0.29, 0.717) is 6.42 Å². The zero-order valence-electron chi connectivity index (χ0n) is 9.98. The predicted molar refractivity (Wildman–Crippen MR) is 67.0 cm³/mol. The van der Waals surface area contributed by atoms with Crippen LogP contribution in [0.2, 0.25) is 0 Å². The number of nitrogens with one attached hydrogen (secondary N) is 1. The fourth-order valence-corrected chi connectivity index (χ4v) is 2.20. The maximum absolute atomic E-state index is 11.1. The quantitative estimate of drug-likeness (QED) is 0.460. The first-order valence-corrected chi connectivity index (χ1v) is 6.07. The molecule has 0 saturated carbocycles. The molecule has 1 aromatic rings. The normalized spacial score (nSPS) is 16.1. The van der Waals surface area contributed by atoms with Crippen molar-refractivity contribution >= 4 is 5.91 Å². The van der Waals surface area contributed by atoms with E-state index in [4.69, 9.17) is 5.84 Å². The monoisotopic (exact) mass is 233 g/mol. The van der Waals surface area contributed by atoms with Crippen molar-refractivity contribution in [3.8, 4) is 0 Å². The first kappa shape index (κ1) is 12.1. The third kappa shape index (κ3) is 3.54. The van der Waals surface area contributed by atoms with Crippen LogP contribution in [0, 0.1) is 0 Å². The molecule has 1 heterocycles. The molecule has 0 atom stereocenters. The number of carbonyl (C=O) groups excluding carboxylic acids is 1. The fraction of sp³-hybridized carbons (Fsp3) is 0.462. The molecule has 1 saturated heterocycles.